The summed E-state index contributed by atoms with van der Waals surface area (Å²) < 4.78 is 28.1. The van der Waals surface area contributed by atoms with E-state index in [4.69, 9.17) is 4.74 Å². The number of hydrogen-bond acceptors (Lipinski definition) is 4. The fourth-order valence-electron chi connectivity index (χ4n) is 1.91. The minimum atomic E-state index is -2.79. The fourth-order valence-corrected chi connectivity index (χ4v) is 3.59. The molecule has 1 N–H and O–H groups in total. The van der Waals surface area contributed by atoms with Crippen molar-refractivity contribution >= 4 is 9.84 Å². The minimum Gasteiger partial charge on any atom is -0.380 e. The molecule has 1 aliphatic heterocycles. The highest BCUT2D eigenvalue weighted by Crippen LogP contribution is 2.14. The van der Waals surface area contributed by atoms with Crippen LogP contribution in [0.15, 0.2) is 0 Å². The van der Waals surface area contributed by atoms with Gasteiger partial charge in [0, 0.05) is 18.7 Å². The van der Waals surface area contributed by atoms with E-state index in [9.17, 15) is 8.42 Å². The van der Waals surface area contributed by atoms with Crippen molar-refractivity contribution in [2.24, 2.45) is 5.92 Å². The maximum atomic E-state index is 11.3. The molecule has 0 amide bonds. The van der Waals surface area contributed by atoms with Crippen LogP contribution >= 0.6 is 0 Å². The molecule has 16 heavy (non-hydrogen) atoms. The van der Waals surface area contributed by atoms with Gasteiger partial charge in [-0.1, -0.05) is 13.8 Å². The van der Waals surface area contributed by atoms with Crippen LogP contribution in [0.2, 0.25) is 0 Å². The molecule has 4 nitrogen and oxygen atoms in total. The predicted octanol–water partition coefficient (Wildman–Crippen LogP) is 0.824. The van der Waals surface area contributed by atoms with Gasteiger partial charge in [-0.3, -0.25) is 0 Å². The molecule has 0 saturated carbocycles. The van der Waals surface area contributed by atoms with E-state index in [1.54, 1.807) is 0 Å². The molecule has 0 aromatic rings. The molecule has 1 fully saturated rings. The molecule has 1 aliphatic rings. The largest absolute Gasteiger partial charge is 0.380 e. The lowest BCUT2D eigenvalue weighted by Crippen LogP contribution is -2.44. The van der Waals surface area contributed by atoms with Gasteiger partial charge in [0.05, 0.1) is 18.1 Å². The Morgan fingerprint density at radius 2 is 2.12 bits per heavy atom. The predicted molar refractivity (Wildman–Crippen MR) is 65.3 cm³/mol. The standard InChI is InChI=1S/C11H23NO3S/c1-4-15-7-11(9(2)3)12-10-5-6-16(13,14)8-10/h9-12H,4-8H2,1-3H3. The van der Waals surface area contributed by atoms with Crippen molar-refractivity contribution in [3.8, 4) is 0 Å². The van der Waals surface area contributed by atoms with E-state index in [1.165, 1.54) is 0 Å². The summed E-state index contributed by atoms with van der Waals surface area (Å²) in [6, 6.07) is 0.358. The van der Waals surface area contributed by atoms with Crippen molar-refractivity contribution in [3.05, 3.63) is 0 Å². The van der Waals surface area contributed by atoms with Gasteiger partial charge < -0.3 is 10.1 Å². The Hall–Kier alpha value is -0.130. The molecule has 0 aliphatic carbocycles. The van der Waals surface area contributed by atoms with Crippen molar-refractivity contribution in [1.82, 2.24) is 5.32 Å². The van der Waals surface area contributed by atoms with E-state index in [-0.39, 0.29) is 17.8 Å². The molecule has 0 radical (unpaired) electrons. The quantitative estimate of drug-likeness (QED) is 0.757. The lowest BCUT2D eigenvalue weighted by atomic mass is 10.0. The van der Waals surface area contributed by atoms with Crippen molar-refractivity contribution in [3.63, 3.8) is 0 Å². The van der Waals surface area contributed by atoms with Gasteiger partial charge in [-0.25, -0.2) is 8.42 Å². The number of sulfone groups is 1. The summed E-state index contributed by atoms with van der Waals surface area (Å²) in [7, 11) is -2.79. The van der Waals surface area contributed by atoms with Gasteiger partial charge in [-0.05, 0) is 19.3 Å². The van der Waals surface area contributed by atoms with Crippen molar-refractivity contribution in [2.75, 3.05) is 24.7 Å². The minimum absolute atomic E-state index is 0.109. The van der Waals surface area contributed by atoms with E-state index in [0.29, 0.717) is 24.9 Å². The Kier molecular flexibility index (Phi) is 5.21. The molecule has 0 bridgehead atoms. The van der Waals surface area contributed by atoms with Crippen LogP contribution in [0, 0.1) is 5.92 Å². The van der Waals surface area contributed by atoms with Crippen LogP contribution in [0.3, 0.4) is 0 Å². The number of nitrogens with one attached hydrogen (secondary N) is 1. The molecular formula is C11H23NO3S. The smallest absolute Gasteiger partial charge is 0.151 e. The number of hydrogen-bond donors (Lipinski definition) is 1. The van der Waals surface area contributed by atoms with Gasteiger partial charge in [0.2, 0.25) is 0 Å². The summed E-state index contributed by atoms with van der Waals surface area (Å²) in [5.41, 5.74) is 0. The average molecular weight is 249 g/mol. The second-order valence-electron chi connectivity index (χ2n) is 4.78. The maximum absolute atomic E-state index is 11.3. The van der Waals surface area contributed by atoms with E-state index in [2.05, 4.69) is 19.2 Å². The molecule has 1 rings (SSSR count). The molecule has 96 valence electrons. The van der Waals surface area contributed by atoms with Crippen molar-refractivity contribution in [1.29, 1.82) is 0 Å². The summed E-state index contributed by atoms with van der Waals surface area (Å²) in [6.45, 7) is 7.58. The lowest BCUT2D eigenvalue weighted by Gasteiger charge is -2.25. The van der Waals surface area contributed by atoms with Gasteiger partial charge >= 0.3 is 0 Å². The van der Waals surface area contributed by atoms with E-state index >= 15 is 0 Å². The Labute approximate surface area is 98.7 Å². The van der Waals surface area contributed by atoms with E-state index in [1.807, 2.05) is 6.92 Å². The van der Waals surface area contributed by atoms with Crippen molar-refractivity contribution in [2.45, 2.75) is 39.3 Å². The first-order valence-electron chi connectivity index (χ1n) is 5.99. The molecule has 5 heteroatoms. The van der Waals surface area contributed by atoms with Gasteiger partial charge in [0.15, 0.2) is 9.84 Å². The highest BCUT2D eigenvalue weighted by Gasteiger charge is 2.29. The summed E-state index contributed by atoms with van der Waals surface area (Å²) >= 11 is 0. The average Bonchev–Trinajstić information content (AvgIpc) is 2.52. The molecule has 0 aromatic heterocycles. The number of ether oxygens (including phenoxy) is 1. The molecule has 1 heterocycles. The van der Waals surface area contributed by atoms with Crippen LogP contribution in [-0.2, 0) is 14.6 Å². The van der Waals surface area contributed by atoms with Crippen LogP contribution in [0.25, 0.3) is 0 Å². The summed E-state index contributed by atoms with van der Waals surface area (Å²) in [4.78, 5) is 0. The molecule has 0 spiro atoms. The Morgan fingerprint density at radius 1 is 1.44 bits per heavy atom. The topological polar surface area (TPSA) is 55.4 Å². The number of rotatable bonds is 6. The molecule has 2 unspecified atom stereocenters. The van der Waals surface area contributed by atoms with Gasteiger partial charge in [-0.2, -0.15) is 0 Å². The maximum Gasteiger partial charge on any atom is 0.151 e. The highest BCUT2D eigenvalue weighted by atomic mass is 32.2. The normalized spacial score (nSPS) is 26.1. The zero-order chi connectivity index (χ0) is 12.2. The zero-order valence-electron chi connectivity index (χ0n) is 10.4. The van der Waals surface area contributed by atoms with E-state index < -0.39 is 9.84 Å². The van der Waals surface area contributed by atoms with E-state index in [0.717, 1.165) is 6.42 Å². The second kappa shape index (κ2) is 5.98. The Morgan fingerprint density at radius 3 is 2.56 bits per heavy atom. The third kappa shape index (κ3) is 4.39. The Bertz CT molecular complexity index is 300. The fraction of sp³-hybridized carbons (Fsp3) is 1.00. The molecular weight excluding hydrogens is 226 g/mol. The monoisotopic (exact) mass is 249 g/mol. The van der Waals surface area contributed by atoms with Crippen molar-refractivity contribution < 1.29 is 13.2 Å². The first-order valence-corrected chi connectivity index (χ1v) is 7.81. The Balaban J connectivity index is 2.43. The van der Waals surface area contributed by atoms with Gasteiger partial charge in [-0.15, -0.1) is 0 Å². The van der Waals surface area contributed by atoms with Crippen LogP contribution in [0.4, 0.5) is 0 Å². The third-order valence-corrected chi connectivity index (χ3v) is 4.76. The van der Waals surface area contributed by atoms with Crippen LogP contribution < -0.4 is 5.32 Å². The summed E-state index contributed by atoms with van der Waals surface area (Å²) in [5.74, 6) is 1.06. The summed E-state index contributed by atoms with van der Waals surface area (Å²) in [6.07, 6.45) is 0.734. The molecule has 1 saturated heterocycles. The molecule has 0 aromatic carbocycles. The summed E-state index contributed by atoms with van der Waals surface area (Å²) in [5, 5.41) is 3.40. The highest BCUT2D eigenvalue weighted by molar-refractivity contribution is 7.91. The zero-order valence-corrected chi connectivity index (χ0v) is 11.2. The lowest BCUT2D eigenvalue weighted by molar-refractivity contribution is 0.104. The molecule has 2 atom stereocenters. The third-order valence-electron chi connectivity index (χ3n) is 2.99. The van der Waals surface area contributed by atoms with Gasteiger partial charge in [0.25, 0.3) is 0 Å². The van der Waals surface area contributed by atoms with Crippen LogP contribution in [-0.4, -0.2) is 45.2 Å². The van der Waals surface area contributed by atoms with Crippen LogP contribution in [0.1, 0.15) is 27.2 Å². The first kappa shape index (κ1) is 13.9. The van der Waals surface area contributed by atoms with Crippen LogP contribution in [0.5, 0.6) is 0 Å². The van der Waals surface area contributed by atoms with Gasteiger partial charge in [0.1, 0.15) is 0 Å². The SMILES string of the molecule is CCOCC(NC1CCS(=O)(=O)C1)C(C)C. The second-order valence-corrected chi connectivity index (χ2v) is 7.01. The first-order chi connectivity index (χ1) is 7.44.